The zero-order chi connectivity index (χ0) is 7.56. The Morgan fingerprint density at radius 1 is 1.36 bits per heavy atom. The maximum atomic E-state index is 8.59. The molecule has 0 amide bonds. The number of nitrogens with zero attached hydrogens (tertiary/aromatic N) is 1. The van der Waals surface area contributed by atoms with Crippen molar-refractivity contribution < 1.29 is 10.0 Å². The lowest BCUT2D eigenvalue weighted by Gasteiger charge is -1.96. The van der Waals surface area contributed by atoms with Crippen LogP contribution in [-0.2, 0) is 0 Å². The second-order valence-corrected chi connectivity index (χ2v) is 1.89. The van der Waals surface area contributed by atoms with Crippen LogP contribution in [0.1, 0.15) is 0 Å². The normalized spacial score (nSPS) is 8.55. The van der Waals surface area contributed by atoms with E-state index in [1.807, 2.05) is 0 Å². The number of aromatic nitrogens is 1. The number of nitrogen functional groups attached to an aromatic ring is 1. The highest BCUT2D eigenvalue weighted by molar-refractivity contribution is 6.58. The van der Waals surface area contributed by atoms with Gasteiger partial charge in [0.1, 0.15) is 5.82 Å². The molecule has 0 unspecified atom stereocenters. The summed E-state index contributed by atoms with van der Waals surface area (Å²) in [5.41, 5.74) is 5.59. The van der Waals surface area contributed by atoms with Crippen molar-refractivity contribution in [2.75, 3.05) is 5.73 Å². The predicted molar refractivity (Wildman–Crippen MR) is 45.7 cm³/mol. The second-order valence-electron chi connectivity index (χ2n) is 1.89. The zero-order valence-corrected chi connectivity index (χ0v) is 6.45. The second kappa shape index (κ2) is 4.18. The molecule has 60 valence electrons. The molecule has 0 aromatic carbocycles. The summed E-state index contributed by atoms with van der Waals surface area (Å²) in [5.74, 6) is 0.365. The summed E-state index contributed by atoms with van der Waals surface area (Å²) in [6, 6.07) is 3.02. The van der Waals surface area contributed by atoms with Crippen molar-refractivity contribution in [2.45, 2.75) is 0 Å². The summed E-state index contributed by atoms with van der Waals surface area (Å²) in [6.07, 6.45) is 1.32. The lowest BCUT2D eigenvalue weighted by Crippen LogP contribution is -2.29. The van der Waals surface area contributed by atoms with Gasteiger partial charge in [0.25, 0.3) is 0 Å². The maximum absolute atomic E-state index is 8.59. The van der Waals surface area contributed by atoms with Crippen LogP contribution >= 0.6 is 12.4 Å². The average molecular weight is 174 g/mol. The molecular weight excluding hydrogens is 166 g/mol. The van der Waals surface area contributed by atoms with Crippen LogP contribution in [0.3, 0.4) is 0 Å². The van der Waals surface area contributed by atoms with Crippen molar-refractivity contribution in [3.63, 3.8) is 0 Å². The Hall–Kier alpha value is -0.775. The Balaban J connectivity index is 0.000001000. The molecule has 1 rings (SSSR count). The van der Waals surface area contributed by atoms with Crippen molar-refractivity contribution in [2.24, 2.45) is 0 Å². The highest BCUT2D eigenvalue weighted by atomic mass is 35.5. The van der Waals surface area contributed by atoms with Crippen LogP contribution < -0.4 is 11.2 Å². The fourth-order valence-corrected chi connectivity index (χ4v) is 0.569. The molecular formula is C5H8BClN2O2. The Kier molecular flexibility index (Phi) is 3.88. The van der Waals surface area contributed by atoms with Crippen LogP contribution in [0.4, 0.5) is 5.82 Å². The van der Waals surface area contributed by atoms with Crippen molar-refractivity contribution in [3.05, 3.63) is 18.3 Å². The van der Waals surface area contributed by atoms with E-state index in [2.05, 4.69) is 4.98 Å². The molecule has 0 aliphatic rings. The minimum absolute atomic E-state index is 0. The molecule has 0 aliphatic heterocycles. The number of halogens is 1. The van der Waals surface area contributed by atoms with Crippen LogP contribution in [0.2, 0.25) is 0 Å². The topological polar surface area (TPSA) is 79.4 Å². The fraction of sp³-hybridized carbons (Fsp3) is 0. The standard InChI is InChI=1S/C5H7BN2O2.ClH/c7-5-2-1-4(3-8-5)6(9)10;/h1-3,9-10H,(H2,7,8);1H. The quantitative estimate of drug-likeness (QED) is 0.466. The highest BCUT2D eigenvalue weighted by Crippen LogP contribution is 1.89. The van der Waals surface area contributed by atoms with Gasteiger partial charge in [0, 0.05) is 11.7 Å². The molecule has 0 saturated heterocycles. The Labute approximate surface area is 70.6 Å². The average Bonchev–Trinajstić information content (AvgIpc) is 1.88. The van der Waals surface area contributed by atoms with Crippen LogP contribution in [0.5, 0.6) is 0 Å². The smallest absolute Gasteiger partial charge is 0.423 e. The minimum Gasteiger partial charge on any atom is -0.423 e. The van der Waals surface area contributed by atoms with E-state index >= 15 is 0 Å². The van der Waals surface area contributed by atoms with Crippen LogP contribution in [0, 0.1) is 0 Å². The number of pyridine rings is 1. The van der Waals surface area contributed by atoms with E-state index in [1.165, 1.54) is 18.3 Å². The number of nitrogens with two attached hydrogens (primary N) is 1. The SMILES string of the molecule is Cl.Nc1ccc(B(O)O)cn1. The van der Waals surface area contributed by atoms with Gasteiger partial charge in [0.2, 0.25) is 0 Å². The predicted octanol–water partition coefficient (Wildman–Crippen LogP) is -1.23. The van der Waals surface area contributed by atoms with Crippen molar-refractivity contribution in [1.82, 2.24) is 4.98 Å². The minimum atomic E-state index is -1.46. The molecule has 1 heterocycles. The van der Waals surface area contributed by atoms with Crippen molar-refractivity contribution in [3.8, 4) is 0 Å². The fourth-order valence-electron chi connectivity index (χ4n) is 0.569. The molecule has 6 heteroatoms. The monoisotopic (exact) mass is 174 g/mol. The van der Waals surface area contributed by atoms with Gasteiger partial charge in [-0.15, -0.1) is 12.4 Å². The molecule has 0 radical (unpaired) electrons. The summed E-state index contributed by atoms with van der Waals surface area (Å²) in [7, 11) is -1.46. The van der Waals surface area contributed by atoms with E-state index in [0.29, 0.717) is 11.3 Å². The molecule has 1 aromatic heterocycles. The summed E-state index contributed by atoms with van der Waals surface area (Å²) in [6.45, 7) is 0. The first-order valence-electron chi connectivity index (χ1n) is 2.77. The highest BCUT2D eigenvalue weighted by Gasteiger charge is 2.09. The summed E-state index contributed by atoms with van der Waals surface area (Å²) >= 11 is 0. The molecule has 0 bridgehead atoms. The molecule has 0 saturated carbocycles. The van der Waals surface area contributed by atoms with E-state index in [0.717, 1.165) is 0 Å². The van der Waals surface area contributed by atoms with Gasteiger partial charge in [-0.2, -0.15) is 0 Å². The van der Waals surface area contributed by atoms with Crippen molar-refractivity contribution >= 4 is 30.8 Å². The van der Waals surface area contributed by atoms with Gasteiger partial charge in [-0.1, -0.05) is 6.07 Å². The van der Waals surface area contributed by atoms with Gasteiger partial charge >= 0.3 is 7.12 Å². The van der Waals surface area contributed by atoms with E-state index in [1.54, 1.807) is 0 Å². The van der Waals surface area contributed by atoms with Gasteiger partial charge in [-0.05, 0) is 6.07 Å². The van der Waals surface area contributed by atoms with Crippen LogP contribution in [0.15, 0.2) is 18.3 Å². The number of hydrogen-bond acceptors (Lipinski definition) is 4. The first-order valence-corrected chi connectivity index (χ1v) is 2.77. The van der Waals surface area contributed by atoms with E-state index in [-0.39, 0.29) is 12.4 Å². The lowest BCUT2D eigenvalue weighted by atomic mass is 9.82. The third kappa shape index (κ3) is 2.75. The number of rotatable bonds is 1. The molecule has 0 spiro atoms. The number of anilines is 1. The first kappa shape index (κ1) is 10.2. The maximum Gasteiger partial charge on any atom is 0.490 e. The number of hydrogen-bond donors (Lipinski definition) is 3. The first-order chi connectivity index (χ1) is 4.70. The van der Waals surface area contributed by atoms with E-state index < -0.39 is 7.12 Å². The molecule has 4 N–H and O–H groups in total. The van der Waals surface area contributed by atoms with Crippen LogP contribution in [-0.4, -0.2) is 22.2 Å². The molecule has 0 aliphatic carbocycles. The van der Waals surface area contributed by atoms with Gasteiger partial charge in [0.05, 0.1) is 0 Å². The lowest BCUT2D eigenvalue weighted by molar-refractivity contribution is 0.425. The van der Waals surface area contributed by atoms with E-state index in [4.69, 9.17) is 15.8 Å². The van der Waals surface area contributed by atoms with Gasteiger partial charge in [-0.3, -0.25) is 0 Å². The van der Waals surface area contributed by atoms with Gasteiger partial charge < -0.3 is 15.8 Å². The van der Waals surface area contributed by atoms with E-state index in [9.17, 15) is 0 Å². The molecule has 1 aromatic rings. The summed E-state index contributed by atoms with van der Waals surface area (Å²) in [4.78, 5) is 3.66. The third-order valence-electron chi connectivity index (χ3n) is 1.11. The Bertz CT molecular complexity index is 216. The summed E-state index contributed by atoms with van der Waals surface area (Å²) < 4.78 is 0. The largest absolute Gasteiger partial charge is 0.490 e. The summed E-state index contributed by atoms with van der Waals surface area (Å²) in [5, 5.41) is 17.2. The van der Waals surface area contributed by atoms with Gasteiger partial charge in [0.15, 0.2) is 0 Å². The zero-order valence-electron chi connectivity index (χ0n) is 5.64. The Morgan fingerprint density at radius 3 is 2.36 bits per heavy atom. The van der Waals surface area contributed by atoms with Gasteiger partial charge in [-0.25, -0.2) is 4.98 Å². The third-order valence-corrected chi connectivity index (χ3v) is 1.11. The Morgan fingerprint density at radius 2 is 2.00 bits per heavy atom. The molecule has 0 atom stereocenters. The van der Waals surface area contributed by atoms with Crippen molar-refractivity contribution in [1.29, 1.82) is 0 Å². The van der Waals surface area contributed by atoms with Crippen LogP contribution in [0.25, 0.3) is 0 Å². The molecule has 4 nitrogen and oxygen atoms in total. The molecule has 11 heavy (non-hydrogen) atoms. The molecule has 0 fully saturated rings.